The number of carbonyl (C=O) groups excluding carboxylic acids is 1. The Morgan fingerprint density at radius 2 is 2.12 bits per heavy atom. The minimum Gasteiger partial charge on any atom is -0.504 e. The first-order valence-electron chi connectivity index (χ1n) is 7.11. The maximum Gasteiger partial charge on any atom is 0.266 e. The summed E-state index contributed by atoms with van der Waals surface area (Å²) in [5.41, 5.74) is 1.85. The van der Waals surface area contributed by atoms with Gasteiger partial charge in [0.2, 0.25) is 0 Å². The predicted octanol–water partition coefficient (Wildman–Crippen LogP) is 4.51. The minimum atomic E-state index is -0.546. The summed E-state index contributed by atoms with van der Waals surface area (Å²) in [6, 6.07) is 10.2. The van der Waals surface area contributed by atoms with Crippen molar-refractivity contribution in [1.82, 2.24) is 0 Å². The lowest BCUT2D eigenvalue weighted by Gasteiger charge is -2.09. The lowest BCUT2D eigenvalue weighted by atomic mass is 10.1. The fourth-order valence-electron chi connectivity index (χ4n) is 2.07. The summed E-state index contributed by atoms with van der Waals surface area (Å²) in [6.45, 7) is 1.83. The molecule has 5 nitrogen and oxygen atoms in total. The van der Waals surface area contributed by atoms with Crippen LogP contribution in [0, 0.1) is 21.8 Å². The van der Waals surface area contributed by atoms with Gasteiger partial charge in [-0.3, -0.25) is 4.79 Å². The normalized spacial score (nSPS) is 10.9. The number of methoxy groups -OCH3 is 1. The molecule has 0 spiro atoms. The van der Waals surface area contributed by atoms with Crippen molar-refractivity contribution in [3.05, 3.63) is 55.6 Å². The van der Waals surface area contributed by atoms with Crippen LogP contribution in [0.4, 0.5) is 5.69 Å². The number of phenols is 1. The zero-order chi connectivity index (χ0) is 18.6. The molecule has 0 atom stereocenters. The van der Waals surface area contributed by atoms with E-state index in [1.807, 2.05) is 35.6 Å². The van der Waals surface area contributed by atoms with E-state index in [1.165, 1.54) is 13.2 Å². The average molecular weight is 469 g/mol. The largest absolute Gasteiger partial charge is 0.504 e. The third kappa shape index (κ3) is 4.65. The van der Waals surface area contributed by atoms with Crippen molar-refractivity contribution in [3.63, 3.8) is 0 Å². The first-order chi connectivity index (χ1) is 11.8. The Hall–Kier alpha value is -2.24. The number of carbonyl (C=O) groups is 1. The molecule has 1 amide bonds. The first kappa shape index (κ1) is 19.1. The number of aromatic hydroxyl groups is 1. The lowest BCUT2D eigenvalue weighted by Crippen LogP contribution is -2.14. The van der Waals surface area contributed by atoms with Crippen LogP contribution in [0.15, 0.2) is 35.9 Å². The van der Waals surface area contributed by atoms with Gasteiger partial charge in [0.05, 0.1) is 10.7 Å². The number of amides is 1. The highest BCUT2D eigenvalue weighted by Gasteiger charge is 2.13. The second-order valence-corrected chi connectivity index (χ2v) is 6.74. The molecule has 0 unspecified atom stereocenters. The number of benzene rings is 2. The fraction of sp³-hybridized carbons (Fsp3) is 0.111. The molecule has 0 aromatic heterocycles. The van der Waals surface area contributed by atoms with Gasteiger partial charge >= 0.3 is 0 Å². The van der Waals surface area contributed by atoms with Gasteiger partial charge in [-0.15, -0.1) is 0 Å². The number of nitrogens with zero attached hydrogens (tertiary/aromatic N) is 1. The number of aryl methyl sites for hydroxylation is 1. The molecular weight excluding hydrogens is 455 g/mol. The number of halogens is 2. The highest BCUT2D eigenvalue weighted by molar-refractivity contribution is 14.1. The molecule has 0 fully saturated rings. The van der Waals surface area contributed by atoms with Crippen molar-refractivity contribution in [2.75, 3.05) is 12.4 Å². The molecule has 0 saturated heterocycles. The van der Waals surface area contributed by atoms with Crippen LogP contribution in [0.2, 0.25) is 5.02 Å². The first-order valence-corrected chi connectivity index (χ1v) is 8.57. The summed E-state index contributed by atoms with van der Waals surface area (Å²) in [5, 5.41) is 22.4. The predicted molar refractivity (Wildman–Crippen MR) is 106 cm³/mol. The highest BCUT2D eigenvalue weighted by atomic mass is 127. The fourth-order valence-corrected chi connectivity index (χ4v) is 2.86. The smallest absolute Gasteiger partial charge is 0.266 e. The van der Waals surface area contributed by atoms with Gasteiger partial charge in [-0.2, -0.15) is 5.26 Å². The molecule has 0 aliphatic rings. The van der Waals surface area contributed by atoms with Crippen molar-refractivity contribution < 1.29 is 14.6 Å². The number of hydrogen-bond donors (Lipinski definition) is 2. The van der Waals surface area contributed by atoms with Gasteiger partial charge in [0, 0.05) is 10.7 Å². The topological polar surface area (TPSA) is 82.3 Å². The van der Waals surface area contributed by atoms with Crippen LogP contribution in [-0.2, 0) is 4.79 Å². The van der Waals surface area contributed by atoms with Crippen LogP contribution in [0.5, 0.6) is 11.5 Å². The molecule has 2 rings (SSSR count). The van der Waals surface area contributed by atoms with Crippen molar-refractivity contribution in [2.45, 2.75) is 6.92 Å². The number of rotatable bonds is 4. The summed E-state index contributed by atoms with van der Waals surface area (Å²) in [6.07, 6.45) is 1.43. The maximum atomic E-state index is 12.4. The van der Waals surface area contributed by atoms with Crippen LogP contribution in [0.3, 0.4) is 0 Å². The minimum absolute atomic E-state index is 0.0118. The molecule has 0 radical (unpaired) electrons. The number of nitrogens with one attached hydrogen (secondary N) is 1. The van der Waals surface area contributed by atoms with Gasteiger partial charge in [-0.05, 0) is 71.0 Å². The highest BCUT2D eigenvalue weighted by Crippen LogP contribution is 2.33. The third-order valence-electron chi connectivity index (χ3n) is 3.39. The van der Waals surface area contributed by atoms with E-state index in [0.29, 0.717) is 19.8 Å². The van der Waals surface area contributed by atoms with Gasteiger partial charge in [0.15, 0.2) is 11.5 Å². The second-order valence-electron chi connectivity index (χ2n) is 5.14. The van der Waals surface area contributed by atoms with Crippen molar-refractivity contribution in [3.8, 4) is 17.6 Å². The molecule has 2 N–H and O–H groups in total. The number of ether oxygens (including phenoxy) is 1. The summed E-state index contributed by atoms with van der Waals surface area (Å²) >= 11 is 7.88. The Kier molecular flexibility index (Phi) is 6.28. The van der Waals surface area contributed by atoms with E-state index >= 15 is 0 Å². The quantitative estimate of drug-likeness (QED) is 0.393. The molecule has 0 saturated carbocycles. The van der Waals surface area contributed by atoms with Crippen molar-refractivity contribution >= 4 is 51.9 Å². The lowest BCUT2D eigenvalue weighted by molar-refractivity contribution is -0.112. The molecule has 0 bridgehead atoms. The maximum absolute atomic E-state index is 12.4. The summed E-state index contributed by atoms with van der Waals surface area (Å²) in [7, 11) is 1.43. The van der Waals surface area contributed by atoms with E-state index < -0.39 is 5.91 Å². The molecule has 128 valence electrons. The summed E-state index contributed by atoms with van der Waals surface area (Å²) in [4.78, 5) is 12.4. The van der Waals surface area contributed by atoms with E-state index in [0.717, 1.165) is 5.56 Å². The summed E-state index contributed by atoms with van der Waals surface area (Å²) < 4.78 is 5.63. The van der Waals surface area contributed by atoms with Crippen molar-refractivity contribution in [1.29, 1.82) is 5.26 Å². The molecule has 0 aliphatic carbocycles. The monoisotopic (exact) mass is 468 g/mol. The second kappa shape index (κ2) is 8.23. The number of hydrogen-bond acceptors (Lipinski definition) is 4. The molecular formula is C18H14ClIN2O3. The standard InChI is InChI=1S/C18H14ClIN2O3/c1-10-3-4-13(19)8-15(10)22-18(24)12(9-21)5-11-6-14(20)17(23)16(7-11)25-2/h3-8,23H,1-2H3,(H,22,24)/b12-5+. The third-order valence-corrected chi connectivity index (χ3v) is 4.45. The number of nitriles is 1. The number of phenolic OH excluding ortho intramolecular Hbond substituents is 1. The van der Waals surface area contributed by atoms with E-state index in [1.54, 1.807) is 30.3 Å². The Bertz CT molecular complexity index is 904. The summed E-state index contributed by atoms with van der Waals surface area (Å²) in [5.74, 6) is -0.269. The van der Waals surface area contributed by atoms with Crippen LogP contribution >= 0.6 is 34.2 Å². The van der Waals surface area contributed by atoms with E-state index in [-0.39, 0.29) is 17.1 Å². The Morgan fingerprint density at radius 3 is 2.76 bits per heavy atom. The van der Waals surface area contributed by atoms with Gasteiger partial charge < -0.3 is 15.2 Å². The van der Waals surface area contributed by atoms with Gasteiger partial charge in [0.1, 0.15) is 11.6 Å². The van der Waals surface area contributed by atoms with E-state index in [2.05, 4.69) is 5.32 Å². The zero-order valence-corrected chi connectivity index (χ0v) is 16.3. The van der Waals surface area contributed by atoms with E-state index in [4.69, 9.17) is 16.3 Å². The Morgan fingerprint density at radius 1 is 1.40 bits per heavy atom. The van der Waals surface area contributed by atoms with Gasteiger partial charge in [-0.1, -0.05) is 17.7 Å². The molecule has 7 heteroatoms. The van der Waals surface area contributed by atoms with E-state index in [9.17, 15) is 15.2 Å². The van der Waals surface area contributed by atoms with Gasteiger partial charge in [0.25, 0.3) is 5.91 Å². The van der Waals surface area contributed by atoms with Crippen LogP contribution in [0.1, 0.15) is 11.1 Å². The Labute approximate surface area is 164 Å². The SMILES string of the molecule is COc1cc(/C=C(\C#N)C(=O)Nc2cc(Cl)ccc2C)cc(I)c1O. The van der Waals surface area contributed by atoms with Crippen LogP contribution in [0.25, 0.3) is 6.08 Å². The van der Waals surface area contributed by atoms with Crippen LogP contribution in [-0.4, -0.2) is 18.1 Å². The van der Waals surface area contributed by atoms with Gasteiger partial charge in [-0.25, -0.2) is 0 Å². The molecule has 0 aliphatic heterocycles. The molecule has 2 aromatic carbocycles. The molecule has 25 heavy (non-hydrogen) atoms. The molecule has 2 aromatic rings. The van der Waals surface area contributed by atoms with Crippen LogP contribution < -0.4 is 10.1 Å². The average Bonchev–Trinajstić information content (AvgIpc) is 2.58. The number of anilines is 1. The molecule has 0 heterocycles. The zero-order valence-electron chi connectivity index (χ0n) is 13.4. The Balaban J connectivity index is 2.34. The van der Waals surface area contributed by atoms with Crippen molar-refractivity contribution in [2.24, 2.45) is 0 Å².